The highest BCUT2D eigenvalue weighted by molar-refractivity contribution is 7.92. The summed E-state index contributed by atoms with van der Waals surface area (Å²) in [6.07, 6.45) is 0. The molecule has 2 aromatic carbocycles. The summed E-state index contributed by atoms with van der Waals surface area (Å²) in [6, 6.07) is 14.6. The predicted molar refractivity (Wildman–Crippen MR) is 116 cm³/mol. The summed E-state index contributed by atoms with van der Waals surface area (Å²) < 4.78 is 26.0. The number of aryl methyl sites for hydroxylation is 1. The van der Waals surface area contributed by atoms with Crippen LogP contribution in [0.5, 0.6) is 0 Å². The Labute approximate surface area is 188 Å². The van der Waals surface area contributed by atoms with Crippen LogP contribution in [0.2, 0.25) is 0 Å². The number of hydrogen-bond donors (Lipinski definition) is 4. The van der Waals surface area contributed by atoms with E-state index in [1.54, 1.807) is 25.1 Å². The van der Waals surface area contributed by atoms with E-state index in [1.165, 1.54) is 36.4 Å². The number of quaternary nitrogens is 1. The van der Waals surface area contributed by atoms with Crippen LogP contribution in [0, 0.1) is 34.8 Å². The van der Waals surface area contributed by atoms with Gasteiger partial charge in [-0.05, 0) is 36.8 Å². The molecule has 0 saturated heterocycles. The van der Waals surface area contributed by atoms with Gasteiger partial charge < -0.3 is 5.21 Å². The molecule has 0 aliphatic rings. The van der Waals surface area contributed by atoms with Crippen molar-refractivity contribution >= 4 is 28.3 Å². The SMILES string of the molecule is Cc1ccc(S(=O)(=O)Nn2c(S)c(C#N)c(-c3ccc([NH+]([O-])O)cc3)c(C#N)c2=O)cc1. The summed E-state index contributed by atoms with van der Waals surface area (Å²) in [5, 5.41) is 37.9. The maximum Gasteiger partial charge on any atom is 0.289 e. The Morgan fingerprint density at radius 1 is 1.06 bits per heavy atom. The van der Waals surface area contributed by atoms with Crippen LogP contribution in [0.15, 0.2) is 63.2 Å². The monoisotopic (exact) mass is 469 g/mol. The molecule has 1 aromatic heterocycles. The van der Waals surface area contributed by atoms with Crippen molar-refractivity contribution in [2.75, 3.05) is 4.83 Å². The number of sulfonamides is 1. The number of rotatable bonds is 5. The number of thiol groups is 1. The first kappa shape index (κ1) is 23.0. The molecule has 10 nitrogen and oxygen atoms in total. The molecule has 32 heavy (non-hydrogen) atoms. The average Bonchev–Trinajstić information content (AvgIpc) is 2.76. The highest BCUT2D eigenvalue weighted by Gasteiger charge is 2.25. The Morgan fingerprint density at radius 2 is 1.62 bits per heavy atom. The molecule has 0 bridgehead atoms. The Hall–Kier alpha value is -3.65. The number of nitrogens with zero attached hydrogens (tertiary/aromatic N) is 3. The number of pyridine rings is 1. The normalized spacial score (nSPS) is 11.9. The summed E-state index contributed by atoms with van der Waals surface area (Å²) >= 11 is 4.17. The van der Waals surface area contributed by atoms with E-state index in [0.717, 1.165) is 5.56 Å². The number of hydrogen-bond acceptors (Lipinski definition) is 8. The summed E-state index contributed by atoms with van der Waals surface area (Å²) in [5.41, 5.74) is -0.835. The summed E-state index contributed by atoms with van der Waals surface area (Å²) in [5.74, 6) is 0. The van der Waals surface area contributed by atoms with Gasteiger partial charge in [-0.3, -0.25) is 4.79 Å². The lowest BCUT2D eigenvalue weighted by molar-refractivity contribution is -0.991. The van der Waals surface area contributed by atoms with Crippen LogP contribution < -0.4 is 15.6 Å². The van der Waals surface area contributed by atoms with Crippen molar-refractivity contribution in [1.29, 1.82) is 10.5 Å². The standard InChI is InChI=1S/C20H15N5O5S2/c1-12-2-8-15(9-3-12)32(29,30)23-24-19(26)16(10-21)18(17(11-22)20(24)31)13-4-6-14(7-5-13)25(27)28/h2-9,23,25,27,31H,1H3. The van der Waals surface area contributed by atoms with Gasteiger partial charge in [-0.15, -0.1) is 12.6 Å². The third-order valence-corrected chi connectivity index (χ3v) is 6.28. The molecular weight excluding hydrogens is 454 g/mol. The highest BCUT2D eigenvalue weighted by atomic mass is 32.2. The molecule has 3 aromatic rings. The van der Waals surface area contributed by atoms with Gasteiger partial charge in [-0.25, -0.2) is 14.7 Å². The minimum absolute atomic E-state index is 0.0314. The number of benzene rings is 2. The first-order valence-electron chi connectivity index (χ1n) is 8.86. The Morgan fingerprint density at radius 3 is 2.12 bits per heavy atom. The van der Waals surface area contributed by atoms with Crippen molar-refractivity contribution in [2.24, 2.45) is 0 Å². The van der Waals surface area contributed by atoms with E-state index >= 15 is 0 Å². The molecule has 0 saturated carbocycles. The van der Waals surface area contributed by atoms with Gasteiger partial charge in [-0.2, -0.15) is 24.2 Å². The van der Waals surface area contributed by atoms with Crippen LogP contribution in [-0.4, -0.2) is 18.3 Å². The molecule has 0 radical (unpaired) electrons. The molecule has 0 aliphatic carbocycles. The van der Waals surface area contributed by atoms with E-state index in [4.69, 9.17) is 5.21 Å². The maximum absolute atomic E-state index is 13.0. The molecule has 1 unspecified atom stereocenters. The summed E-state index contributed by atoms with van der Waals surface area (Å²) in [4.78, 5) is 14.9. The molecule has 0 spiro atoms. The molecule has 0 fully saturated rings. The minimum atomic E-state index is -4.24. The smallest absolute Gasteiger partial charge is 0.289 e. The van der Waals surface area contributed by atoms with Crippen molar-refractivity contribution in [3.05, 3.63) is 80.8 Å². The van der Waals surface area contributed by atoms with Gasteiger partial charge in [0.1, 0.15) is 22.7 Å². The topological polar surface area (TPSA) is 163 Å². The largest absolute Gasteiger partial charge is 0.595 e. The van der Waals surface area contributed by atoms with E-state index in [9.17, 15) is 28.9 Å². The van der Waals surface area contributed by atoms with E-state index < -0.39 is 26.4 Å². The zero-order valence-corrected chi connectivity index (χ0v) is 18.1. The van der Waals surface area contributed by atoms with Crippen LogP contribution in [0.25, 0.3) is 11.1 Å². The van der Waals surface area contributed by atoms with Gasteiger partial charge in [0.15, 0.2) is 5.69 Å². The van der Waals surface area contributed by atoms with Crippen LogP contribution in [0.1, 0.15) is 16.7 Å². The third-order valence-electron chi connectivity index (χ3n) is 4.54. The molecular formula is C20H15N5O5S2. The van der Waals surface area contributed by atoms with E-state index in [2.05, 4.69) is 17.5 Å². The first-order chi connectivity index (χ1) is 15.1. The molecule has 3 rings (SSSR count). The Balaban J connectivity index is 2.21. The second kappa shape index (κ2) is 8.84. The van der Waals surface area contributed by atoms with Gasteiger partial charge in [-0.1, -0.05) is 17.7 Å². The van der Waals surface area contributed by atoms with Gasteiger partial charge >= 0.3 is 0 Å². The average molecular weight is 470 g/mol. The van der Waals surface area contributed by atoms with Crippen molar-refractivity contribution < 1.29 is 18.9 Å². The molecule has 1 heterocycles. The van der Waals surface area contributed by atoms with Crippen LogP contribution in [-0.2, 0) is 10.0 Å². The van der Waals surface area contributed by atoms with Gasteiger partial charge in [0.2, 0.25) is 0 Å². The van der Waals surface area contributed by atoms with Crippen molar-refractivity contribution in [1.82, 2.24) is 4.68 Å². The fourth-order valence-electron chi connectivity index (χ4n) is 2.92. The number of aromatic nitrogens is 1. The number of nitriles is 2. The lowest BCUT2D eigenvalue weighted by Crippen LogP contribution is -2.99. The van der Waals surface area contributed by atoms with E-state index in [1.807, 2.05) is 6.07 Å². The van der Waals surface area contributed by atoms with Crippen LogP contribution in [0.3, 0.4) is 0 Å². The minimum Gasteiger partial charge on any atom is -0.595 e. The maximum atomic E-state index is 13.0. The predicted octanol–water partition coefficient (Wildman–Crippen LogP) is 1.19. The highest BCUT2D eigenvalue weighted by Crippen LogP contribution is 2.30. The van der Waals surface area contributed by atoms with Crippen LogP contribution >= 0.6 is 12.6 Å². The van der Waals surface area contributed by atoms with Gasteiger partial charge in [0.05, 0.1) is 10.5 Å². The van der Waals surface area contributed by atoms with Crippen molar-refractivity contribution in [2.45, 2.75) is 16.8 Å². The van der Waals surface area contributed by atoms with Crippen molar-refractivity contribution in [3.63, 3.8) is 0 Å². The Kier molecular flexibility index (Phi) is 6.36. The van der Waals surface area contributed by atoms with Crippen LogP contribution in [0.4, 0.5) is 5.69 Å². The molecule has 1 atom stereocenters. The zero-order chi connectivity index (χ0) is 23.6. The molecule has 0 aliphatic heterocycles. The lowest BCUT2D eigenvalue weighted by atomic mass is 9.97. The zero-order valence-electron chi connectivity index (χ0n) is 16.4. The molecule has 12 heteroatoms. The van der Waals surface area contributed by atoms with Crippen molar-refractivity contribution in [3.8, 4) is 23.3 Å². The van der Waals surface area contributed by atoms with E-state index in [0.29, 0.717) is 4.68 Å². The molecule has 0 amide bonds. The lowest BCUT2D eigenvalue weighted by Gasteiger charge is -2.17. The Bertz CT molecular complexity index is 1430. The fraction of sp³-hybridized carbons (Fsp3) is 0.0500. The van der Waals surface area contributed by atoms with Gasteiger partial charge in [0.25, 0.3) is 15.6 Å². The molecule has 162 valence electrons. The second-order valence-electron chi connectivity index (χ2n) is 6.60. The molecule has 3 N–H and O–H groups in total. The third kappa shape index (κ3) is 4.22. The second-order valence-corrected chi connectivity index (χ2v) is 8.69. The van der Waals surface area contributed by atoms with Gasteiger partial charge in [0, 0.05) is 17.7 Å². The first-order valence-corrected chi connectivity index (χ1v) is 10.8. The number of nitrogens with one attached hydrogen (secondary N) is 2. The quantitative estimate of drug-likeness (QED) is 0.322. The van der Waals surface area contributed by atoms with E-state index in [-0.39, 0.29) is 32.3 Å². The summed E-state index contributed by atoms with van der Waals surface area (Å²) in [7, 11) is -4.24. The summed E-state index contributed by atoms with van der Waals surface area (Å²) in [6.45, 7) is 1.78. The fourth-order valence-corrected chi connectivity index (χ4v) is 4.30.